The summed E-state index contributed by atoms with van der Waals surface area (Å²) in [6.45, 7) is -0.126. The van der Waals surface area contributed by atoms with Crippen LogP contribution in [-0.4, -0.2) is 48.0 Å². The number of fused-ring (bicyclic) bond motifs is 1. The van der Waals surface area contributed by atoms with Crippen LogP contribution in [0.15, 0.2) is 52.4 Å². The highest BCUT2D eigenvalue weighted by atomic mass is 16.5. The largest absolute Gasteiger partial charge is 0.496 e. The second-order valence-electron chi connectivity index (χ2n) is 7.35. The van der Waals surface area contributed by atoms with E-state index in [1.54, 1.807) is 51.8 Å². The summed E-state index contributed by atoms with van der Waals surface area (Å²) < 4.78 is 7.10. The third kappa shape index (κ3) is 4.42. The number of hydrogen-bond acceptors (Lipinski definition) is 6. The van der Waals surface area contributed by atoms with Crippen LogP contribution in [0.25, 0.3) is 21.9 Å². The van der Waals surface area contributed by atoms with Crippen LogP contribution in [0.2, 0.25) is 0 Å². The molecule has 0 amide bonds. The maximum Gasteiger partial charge on any atom is 0.258 e. The number of benzene rings is 2. The third-order valence-electron chi connectivity index (χ3n) is 5.38. The zero-order chi connectivity index (χ0) is 22.5. The summed E-state index contributed by atoms with van der Waals surface area (Å²) in [5.74, 6) is 0.301. The first-order valence-electron chi connectivity index (χ1n) is 9.98. The number of aromatic nitrogens is 1. The standard InChI is InChI=1S/C24H27N3O4/c1-26-13-17(12-25)15-4-6-18-19(10-15)21(14-27(2)24(18)30)20-11-16(22(29)8-9-28)5-7-23(20)31-3/h4-7,10-14,17,22,25,28-29H,8-9H2,1-3H3. The number of methoxy groups -OCH3 is 1. The predicted molar refractivity (Wildman–Crippen MR) is 124 cm³/mol. The number of aliphatic hydroxyl groups excluding tert-OH is 2. The number of aryl methyl sites for hydroxylation is 1. The van der Waals surface area contributed by atoms with E-state index in [1.807, 2.05) is 18.2 Å². The van der Waals surface area contributed by atoms with E-state index in [-0.39, 0.29) is 24.5 Å². The van der Waals surface area contributed by atoms with Crippen molar-refractivity contribution in [2.24, 2.45) is 12.0 Å². The van der Waals surface area contributed by atoms with Gasteiger partial charge in [-0.2, -0.15) is 0 Å². The van der Waals surface area contributed by atoms with Gasteiger partial charge < -0.3 is 24.9 Å². The van der Waals surface area contributed by atoms with Crippen LogP contribution in [0.1, 0.15) is 29.6 Å². The molecule has 31 heavy (non-hydrogen) atoms. The maximum absolute atomic E-state index is 12.8. The molecule has 0 spiro atoms. The minimum absolute atomic E-state index is 0.126. The van der Waals surface area contributed by atoms with Gasteiger partial charge in [-0.25, -0.2) is 0 Å². The van der Waals surface area contributed by atoms with Gasteiger partial charge in [-0.05, 0) is 40.8 Å². The normalized spacial score (nSPS) is 13.5. The van der Waals surface area contributed by atoms with Crippen molar-refractivity contribution >= 4 is 23.2 Å². The molecule has 0 radical (unpaired) electrons. The van der Waals surface area contributed by atoms with Crippen LogP contribution in [0.4, 0.5) is 0 Å². The molecule has 0 bridgehead atoms. The molecular formula is C24H27N3O4. The topological polar surface area (TPSA) is 108 Å². The number of aliphatic imine (C=N–C) groups is 1. The molecule has 2 unspecified atom stereocenters. The van der Waals surface area contributed by atoms with Crippen LogP contribution >= 0.6 is 0 Å². The summed E-state index contributed by atoms with van der Waals surface area (Å²) in [5, 5.41) is 28.6. The molecule has 7 nitrogen and oxygen atoms in total. The lowest BCUT2D eigenvalue weighted by atomic mass is 9.92. The number of nitrogens with one attached hydrogen (secondary N) is 1. The van der Waals surface area contributed by atoms with E-state index < -0.39 is 6.10 Å². The number of ether oxygens (including phenoxy) is 1. The van der Waals surface area contributed by atoms with Crippen LogP contribution < -0.4 is 10.3 Å². The van der Waals surface area contributed by atoms with Crippen molar-refractivity contribution in [2.45, 2.75) is 18.4 Å². The van der Waals surface area contributed by atoms with Gasteiger partial charge in [-0.1, -0.05) is 12.1 Å². The highest BCUT2D eigenvalue weighted by molar-refractivity contribution is 5.99. The molecule has 3 aromatic rings. The Labute approximate surface area is 180 Å². The summed E-state index contributed by atoms with van der Waals surface area (Å²) in [4.78, 5) is 16.8. The molecule has 2 atom stereocenters. The number of pyridine rings is 1. The molecule has 0 saturated carbocycles. The van der Waals surface area contributed by atoms with Gasteiger partial charge in [0.1, 0.15) is 5.75 Å². The van der Waals surface area contributed by atoms with Crippen molar-refractivity contribution in [3.05, 3.63) is 64.1 Å². The van der Waals surface area contributed by atoms with E-state index in [0.29, 0.717) is 16.7 Å². The zero-order valence-electron chi connectivity index (χ0n) is 17.9. The van der Waals surface area contributed by atoms with Crippen LogP contribution in [0.3, 0.4) is 0 Å². The number of hydrogen-bond donors (Lipinski definition) is 3. The SMILES string of the molecule is CN=CC(C=N)c1ccc2c(=O)n(C)cc(-c3cc(C(O)CCO)ccc3OC)c2c1. The minimum atomic E-state index is -0.813. The van der Waals surface area contributed by atoms with Crippen molar-refractivity contribution in [1.82, 2.24) is 4.57 Å². The van der Waals surface area contributed by atoms with E-state index in [4.69, 9.17) is 10.1 Å². The predicted octanol–water partition coefficient (Wildman–Crippen LogP) is 3.06. The van der Waals surface area contributed by atoms with Crippen LogP contribution in [-0.2, 0) is 7.05 Å². The summed E-state index contributed by atoms with van der Waals surface area (Å²) in [6, 6.07) is 10.9. The fourth-order valence-electron chi connectivity index (χ4n) is 3.72. The Morgan fingerprint density at radius 2 is 1.90 bits per heavy atom. The lowest BCUT2D eigenvalue weighted by Gasteiger charge is -2.17. The molecule has 3 N–H and O–H groups in total. The van der Waals surface area contributed by atoms with E-state index in [2.05, 4.69) is 4.99 Å². The highest BCUT2D eigenvalue weighted by Crippen LogP contribution is 2.37. The van der Waals surface area contributed by atoms with Crippen molar-refractivity contribution < 1.29 is 14.9 Å². The molecule has 0 aliphatic rings. The van der Waals surface area contributed by atoms with Gasteiger partial charge in [0.2, 0.25) is 0 Å². The lowest BCUT2D eigenvalue weighted by Crippen LogP contribution is -2.17. The monoisotopic (exact) mass is 421 g/mol. The maximum atomic E-state index is 12.8. The third-order valence-corrected chi connectivity index (χ3v) is 5.38. The molecule has 2 aromatic carbocycles. The van der Waals surface area contributed by atoms with Gasteiger partial charge in [0.25, 0.3) is 5.56 Å². The first-order valence-corrected chi connectivity index (χ1v) is 9.98. The number of aliphatic hydroxyl groups is 2. The van der Waals surface area contributed by atoms with Crippen LogP contribution in [0.5, 0.6) is 5.75 Å². The fraction of sp³-hybridized carbons (Fsp3) is 0.292. The average Bonchev–Trinajstić information content (AvgIpc) is 2.79. The van der Waals surface area contributed by atoms with E-state index in [1.165, 1.54) is 10.8 Å². The minimum Gasteiger partial charge on any atom is -0.496 e. The van der Waals surface area contributed by atoms with Crippen molar-refractivity contribution in [1.29, 1.82) is 5.41 Å². The molecule has 0 aliphatic heterocycles. The summed E-state index contributed by atoms with van der Waals surface area (Å²) >= 11 is 0. The van der Waals surface area contributed by atoms with Gasteiger partial charge in [0.05, 0.1) is 19.1 Å². The molecule has 1 aromatic heterocycles. The zero-order valence-corrected chi connectivity index (χ0v) is 17.9. The lowest BCUT2D eigenvalue weighted by molar-refractivity contribution is 0.134. The Kier molecular flexibility index (Phi) is 6.99. The molecule has 0 saturated heterocycles. The Balaban J connectivity index is 2.33. The summed E-state index contributed by atoms with van der Waals surface area (Å²) in [6.07, 6.45) is 4.15. The first kappa shape index (κ1) is 22.4. The van der Waals surface area contributed by atoms with Crippen LogP contribution in [0, 0.1) is 5.41 Å². The Morgan fingerprint density at radius 3 is 2.55 bits per heavy atom. The van der Waals surface area contributed by atoms with E-state index in [9.17, 15) is 15.0 Å². The summed E-state index contributed by atoms with van der Waals surface area (Å²) in [5.41, 5.74) is 2.86. The van der Waals surface area contributed by atoms with Gasteiger partial charge >= 0.3 is 0 Å². The van der Waals surface area contributed by atoms with E-state index in [0.717, 1.165) is 22.1 Å². The quantitative estimate of drug-likeness (QED) is 0.486. The average molecular weight is 421 g/mol. The molecular weight excluding hydrogens is 394 g/mol. The van der Waals surface area contributed by atoms with Gasteiger partial charge in [-0.3, -0.25) is 9.79 Å². The van der Waals surface area contributed by atoms with Gasteiger partial charge in [0.15, 0.2) is 0 Å². The Morgan fingerprint density at radius 1 is 1.16 bits per heavy atom. The second kappa shape index (κ2) is 9.68. The Bertz CT molecular complexity index is 1180. The Hall–Kier alpha value is -3.29. The fourth-order valence-corrected chi connectivity index (χ4v) is 3.72. The smallest absolute Gasteiger partial charge is 0.258 e. The van der Waals surface area contributed by atoms with Crippen molar-refractivity contribution in [3.8, 4) is 16.9 Å². The first-order chi connectivity index (χ1) is 14.9. The highest BCUT2D eigenvalue weighted by Gasteiger charge is 2.17. The number of rotatable bonds is 8. The molecule has 1 heterocycles. The van der Waals surface area contributed by atoms with Gasteiger partial charge in [0, 0.05) is 62.3 Å². The molecule has 3 rings (SSSR count). The molecule has 162 valence electrons. The molecule has 0 aliphatic carbocycles. The van der Waals surface area contributed by atoms with Crippen molar-refractivity contribution in [3.63, 3.8) is 0 Å². The summed E-state index contributed by atoms with van der Waals surface area (Å²) in [7, 11) is 4.92. The van der Waals surface area contributed by atoms with Crippen molar-refractivity contribution in [2.75, 3.05) is 20.8 Å². The van der Waals surface area contributed by atoms with Gasteiger partial charge in [-0.15, -0.1) is 0 Å². The molecule has 7 heteroatoms. The second-order valence-corrected chi connectivity index (χ2v) is 7.35. The number of nitrogens with zero attached hydrogens (tertiary/aromatic N) is 2. The molecule has 0 fully saturated rings. The van der Waals surface area contributed by atoms with E-state index >= 15 is 0 Å².